The highest BCUT2D eigenvalue weighted by Crippen LogP contribution is 2.51. The van der Waals surface area contributed by atoms with Gasteiger partial charge in [-0.25, -0.2) is 18.8 Å². The van der Waals surface area contributed by atoms with Crippen molar-refractivity contribution in [2.45, 2.75) is 122 Å². The number of halogens is 1. The van der Waals surface area contributed by atoms with Crippen LogP contribution in [0.3, 0.4) is 0 Å². The molecule has 0 spiro atoms. The smallest absolute Gasteiger partial charge is 0.410 e. The fourth-order valence-corrected chi connectivity index (χ4v) is 7.50. The molecule has 0 unspecified atom stereocenters. The van der Waals surface area contributed by atoms with E-state index in [0.29, 0.717) is 17.5 Å². The molecule has 302 valence electrons. The molecular weight excluding hydrogens is 723 g/mol. The first-order valence-electron chi connectivity index (χ1n) is 19.4. The quantitative estimate of drug-likeness (QED) is 0.0768. The van der Waals surface area contributed by atoms with Crippen molar-refractivity contribution in [2.75, 3.05) is 13.2 Å². The fourth-order valence-electron chi connectivity index (χ4n) is 7.50. The Kier molecular flexibility index (Phi) is 13.2. The second kappa shape index (κ2) is 17.7. The van der Waals surface area contributed by atoms with Crippen molar-refractivity contribution in [3.63, 3.8) is 0 Å². The third kappa shape index (κ3) is 9.22. The van der Waals surface area contributed by atoms with E-state index in [-0.39, 0.29) is 51.1 Å². The number of carbonyl (C=O) groups is 6. The molecule has 2 aromatic rings. The molecule has 13 nitrogen and oxygen atoms in total. The molecule has 3 aliphatic rings. The number of nitrogens with one attached hydrogen (secondary N) is 1. The number of amides is 5. The molecule has 2 heterocycles. The second-order valence-electron chi connectivity index (χ2n) is 15.6. The number of benzene rings is 2. The number of carbonyl (C=O) groups excluding carboxylic acids is 6. The number of hydrogen-bond acceptors (Lipinski definition) is 9. The van der Waals surface area contributed by atoms with Gasteiger partial charge < -0.3 is 24.4 Å². The third-order valence-corrected chi connectivity index (χ3v) is 10.4. The van der Waals surface area contributed by atoms with Crippen molar-refractivity contribution in [1.29, 1.82) is 0 Å². The summed E-state index contributed by atoms with van der Waals surface area (Å²) in [5, 5.41) is 2.69. The Hall–Kier alpha value is -5.27. The molecule has 1 saturated carbocycles. The standard InChI is InChI=1S/C42H53FN4O9/c1-7-10-11-15-21-33(44-39(52)56-41(4,5)6)36(49)46-25-30(55-40(53)45-24-28-19-16-20-32(43)31(28)26-45)22-34(46)37(50)47(35(48)27-17-13-12-14-18-27)42(23-29(42)8-2)38(51)54-9-3/h8,12-14,16-20,29-30,33-34H,2,7,9-11,15,21-26H2,1,3-6H3,(H,44,52)/t29-,30-,33+,34+,42-/m1/s1. The summed E-state index contributed by atoms with van der Waals surface area (Å²) in [7, 11) is 0. The SMILES string of the molecule is C=C[C@@H]1C[C@@]1(C(=O)OCC)N(C(=O)c1ccccc1)C(=O)[C@@H]1C[C@@H](OC(=O)N2Cc3cccc(F)c3C2)CN1C(=O)[C@H](CCCCCC)NC(=O)OC(C)(C)C. The van der Waals surface area contributed by atoms with E-state index in [1.165, 1.54) is 34.1 Å². The van der Waals surface area contributed by atoms with E-state index in [1.54, 1.807) is 58.0 Å². The first kappa shape index (κ1) is 41.9. The average Bonchev–Trinajstić information content (AvgIpc) is 3.47. The number of alkyl carbamates (subject to hydrolysis) is 1. The van der Waals surface area contributed by atoms with E-state index in [2.05, 4.69) is 11.9 Å². The summed E-state index contributed by atoms with van der Waals surface area (Å²) in [4.78, 5) is 88.0. The minimum atomic E-state index is -1.73. The molecule has 5 atom stereocenters. The van der Waals surface area contributed by atoms with Gasteiger partial charge in [0.2, 0.25) is 5.91 Å². The highest BCUT2D eigenvalue weighted by Gasteiger charge is 2.68. The Morgan fingerprint density at radius 1 is 1.02 bits per heavy atom. The fraction of sp³-hybridized carbons (Fsp3) is 0.524. The topological polar surface area (TPSA) is 152 Å². The number of hydrogen-bond donors (Lipinski definition) is 1. The van der Waals surface area contributed by atoms with Crippen molar-refractivity contribution in [3.8, 4) is 0 Å². The van der Waals surface area contributed by atoms with Crippen LogP contribution in [0.5, 0.6) is 0 Å². The maximum absolute atomic E-state index is 15.1. The number of ether oxygens (including phenoxy) is 3. The number of esters is 1. The number of nitrogens with zero attached hydrogens (tertiary/aromatic N) is 3. The van der Waals surface area contributed by atoms with Crippen molar-refractivity contribution in [1.82, 2.24) is 20.0 Å². The van der Waals surface area contributed by atoms with Gasteiger partial charge in [-0.1, -0.05) is 69.0 Å². The van der Waals surface area contributed by atoms with Gasteiger partial charge in [-0.3, -0.25) is 24.2 Å². The van der Waals surface area contributed by atoms with Crippen LogP contribution in [0, 0.1) is 11.7 Å². The lowest BCUT2D eigenvalue weighted by Crippen LogP contribution is -2.59. The summed E-state index contributed by atoms with van der Waals surface area (Å²) < 4.78 is 31.4. The molecule has 1 saturated heterocycles. The van der Waals surface area contributed by atoms with Crippen LogP contribution in [0.25, 0.3) is 0 Å². The van der Waals surface area contributed by atoms with Gasteiger partial charge >= 0.3 is 18.2 Å². The highest BCUT2D eigenvalue weighted by atomic mass is 19.1. The van der Waals surface area contributed by atoms with Gasteiger partial charge in [-0.15, -0.1) is 6.58 Å². The molecular formula is C42H53FN4O9. The molecule has 14 heteroatoms. The van der Waals surface area contributed by atoms with Crippen molar-refractivity contribution >= 4 is 35.9 Å². The zero-order valence-electron chi connectivity index (χ0n) is 32.9. The van der Waals surface area contributed by atoms with E-state index >= 15 is 4.79 Å². The van der Waals surface area contributed by atoms with E-state index in [1.807, 2.05) is 6.92 Å². The van der Waals surface area contributed by atoms with Gasteiger partial charge in [-0.05, 0) is 64.3 Å². The maximum Gasteiger partial charge on any atom is 0.410 e. The van der Waals surface area contributed by atoms with E-state index in [0.717, 1.165) is 24.2 Å². The number of imide groups is 1. The molecule has 5 rings (SSSR count). The molecule has 0 bridgehead atoms. The first-order valence-corrected chi connectivity index (χ1v) is 19.4. The molecule has 5 amide bonds. The second-order valence-corrected chi connectivity index (χ2v) is 15.6. The molecule has 2 aliphatic heterocycles. The van der Waals surface area contributed by atoms with Gasteiger partial charge in [0, 0.05) is 30.0 Å². The Morgan fingerprint density at radius 2 is 1.75 bits per heavy atom. The summed E-state index contributed by atoms with van der Waals surface area (Å²) in [5.74, 6) is -4.16. The minimum absolute atomic E-state index is 0.0155. The summed E-state index contributed by atoms with van der Waals surface area (Å²) in [6.07, 6.45) is 2.08. The molecule has 2 aromatic carbocycles. The van der Waals surface area contributed by atoms with Crippen LogP contribution in [0.1, 0.15) is 101 Å². The monoisotopic (exact) mass is 776 g/mol. The number of unbranched alkanes of at least 4 members (excludes halogenated alkanes) is 3. The normalized spacial score (nSPS) is 21.7. The van der Waals surface area contributed by atoms with Crippen LogP contribution in [0.2, 0.25) is 0 Å². The summed E-state index contributed by atoms with van der Waals surface area (Å²) in [6, 6.07) is 10.0. The molecule has 2 fully saturated rings. The zero-order chi connectivity index (χ0) is 40.8. The Labute approximate surface area is 327 Å². The van der Waals surface area contributed by atoms with Gasteiger partial charge in [0.1, 0.15) is 29.6 Å². The lowest BCUT2D eigenvalue weighted by molar-refractivity contribution is -0.157. The van der Waals surface area contributed by atoms with Gasteiger partial charge in [0.15, 0.2) is 5.54 Å². The summed E-state index contributed by atoms with van der Waals surface area (Å²) in [5.41, 5.74) is -1.46. The van der Waals surface area contributed by atoms with Crippen molar-refractivity contribution in [2.24, 2.45) is 5.92 Å². The van der Waals surface area contributed by atoms with Crippen molar-refractivity contribution < 1.29 is 47.4 Å². The Morgan fingerprint density at radius 3 is 2.38 bits per heavy atom. The predicted octanol–water partition coefficient (Wildman–Crippen LogP) is 6.29. The molecule has 56 heavy (non-hydrogen) atoms. The summed E-state index contributed by atoms with van der Waals surface area (Å²) >= 11 is 0. The minimum Gasteiger partial charge on any atom is -0.464 e. The lowest BCUT2D eigenvalue weighted by atomic mass is 10.0. The van der Waals surface area contributed by atoms with Crippen LogP contribution in [-0.2, 0) is 41.7 Å². The van der Waals surface area contributed by atoms with Gasteiger partial charge in [0.05, 0.1) is 19.7 Å². The van der Waals surface area contributed by atoms with Crippen LogP contribution < -0.4 is 5.32 Å². The van der Waals surface area contributed by atoms with Crippen LogP contribution in [-0.4, -0.2) is 93.1 Å². The zero-order valence-corrected chi connectivity index (χ0v) is 32.9. The molecule has 0 aromatic heterocycles. The number of fused-ring (bicyclic) bond motifs is 1. The predicted molar refractivity (Wildman–Crippen MR) is 203 cm³/mol. The molecule has 1 N–H and O–H groups in total. The van der Waals surface area contributed by atoms with E-state index in [9.17, 15) is 28.4 Å². The molecule has 0 radical (unpaired) electrons. The summed E-state index contributed by atoms with van der Waals surface area (Å²) in [6.45, 7) is 12.4. The number of rotatable bonds is 14. The van der Waals surface area contributed by atoms with Crippen molar-refractivity contribution in [3.05, 3.63) is 83.7 Å². The average molecular weight is 777 g/mol. The van der Waals surface area contributed by atoms with Gasteiger partial charge in [0.25, 0.3) is 11.8 Å². The molecule has 1 aliphatic carbocycles. The van der Waals surface area contributed by atoms with Crippen LogP contribution in [0.4, 0.5) is 14.0 Å². The third-order valence-electron chi connectivity index (χ3n) is 10.4. The van der Waals surface area contributed by atoms with E-state index in [4.69, 9.17) is 14.2 Å². The highest BCUT2D eigenvalue weighted by molar-refractivity contribution is 6.11. The van der Waals surface area contributed by atoms with Crippen LogP contribution in [0.15, 0.2) is 61.2 Å². The van der Waals surface area contributed by atoms with Gasteiger partial charge in [-0.2, -0.15) is 0 Å². The van der Waals surface area contributed by atoms with Crippen LogP contribution >= 0.6 is 0 Å². The Balaban J connectivity index is 1.51. The first-order chi connectivity index (χ1) is 26.6. The largest absolute Gasteiger partial charge is 0.464 e. The lowest BCUT2D eigenvalue weighted by Gasteiger charge is -2.35. The number of likely N-dealkylation sites (tertiary alicyclic amines) is 1. The van der Waals surface area contributed by atoms with E-state index < -0.39 is 76.9 Å². The Bertz CT molecular complexity index is 1810. The maximum atomic E-state index is 15.1.